The monoisotopic (exact) mass is 919 g/mol. The van der Waals surface area contributed by atoms with Gasteiger partial charge in [-0.1, -0.05) is 30.3 Å². The molecule has 2 fully saturated rings. The smallest absolute Gasteiger partial charge is 0.411 e. The average molecular weight is 920 g/mol. The number of ether oxygens (including phenoxy) is 1. The number of ketones is 1. The van der Waals surface area contributed by atoms with Crippen LogP contribution in [0.4, 0.5) is 28.0 Å². The van der Waals surface area contributed by atoms with Crippen molar-refractivity contribution in [2.75, 3.05) is 18.4 Å². The molecule has 1 aromatic heterocycles. The fraction of sp³-hybridized carbons (Fsp3) is 0.447. The summed E-state index contributed by atoms with van der Waals surface area (Å²) in [6.45, 7) is 8.21. The average Bonchev–Trinajstić information content (AvgIpc) is 3.78. The van der Waals surface area contributed by atoms with E-state index in [2.05, 4.69) is 31.3 Å². The number of alkyl carbamates (subject to hydrolysis) is 1. The van der Waals surface area contributed by atoms with Crippen molar-refractivity contribution < 1.29 is 56.2 Å². The highest BCUT2D eigenvalue weighted by atomic mass is 19.3. The number of hydrogen-bond donors (Lipinski definition) is 6. The number of hydrogen-bond acceptors (Lipinski definition) is 9. The van der Waals surface area contributed by atoms with Gasteiger partial charge in [-0.05, 0) is 137 Å². The van der Waals surface area contributed by atoms with E-state index in [1.807, 2.05) is 37.3 Å². The Morgan fingerprint density at radius 2 is 1.56 bits per heavy atom. The lowest BCUT2D eigenvalue weighted by atomic mass is 9.77. The number of H-pyrrole nitrogens is 1. The van der Waals surface area contributed by atoms with Gasteiger partial charge >= 0.3 is 23.9 Å². The molecule has 0 radical (unpaired) electrons. The van der Waals surface area contributed by atoms with Crippen LogP contribution in [0, 0.1) is 24.7 Å². The molecule has 4 aromatic rings. The van der Waals surface area contributed by atoms with E-state index in [1.54, 1.807) is 38.0 Å². The number of alkyl halides is 4. The van der Waals surface area contributed by atoms with Gasteiger partial charge in [-0.2, -0.15) is 22.7 Å². The van der Waals surface area contributed by atoms with Crippen LogP contribution in [-0.2, 0) is 36.3 Å². The fourth-order valence-electron chi connectivity index (χ4n) is 8.04. The number of carbonyl (C=O) groups excluding carboxylic acids is 5. The minimum Gasteiger partial charge on any atom is -0.477 e. The van der Waals surface area contributed by atoms with Crippen LogP contribution in [0.2, 0.25) is 0 Å². The summed E-state index contributed by atoms with van der Waals surface area (Å²) in [5.41, 5.74) is 3.46. The largest absolute Gasteiger partial charge is 0.477 e. The van der Waals surface area contributed by atoms with Crippen molar-refractivity contribution in [2.24, 2.45) is 17.8 Å². The number of benzene rings is 3. The van der Waals surface area contributed by atoms with Gasteiger partial charge < -0.3 is 31.1 Å². The number of amides is 4. The Kier molecular flexibility index (Phi) is 15.0. The molecule has 2 heterocycles. The van der Waals surface area contributed by atoms with Gasteiger partial charge in [-0.25, -0.2) is 14.6 Å². The quantitative estimate of drug-likeness (QED) is 0.0613. The number of aryl methyl sites for hydroxylation is 1. The number of nitrogens with zero attached hydrogens (tertiary/aromatic N) is 2. The van der Waals surface area contributed by atoms with Gasteiger partial charge in [0.25, 0.3) is 5.91 Å². The molecule has 1 aliphatic heterocycles. The standard InChI is InChI=1S/C47H53F4N7O8/c1-26-22-32(39(60)55-36-6-5-21-52-41(36)62)17-20-35(26)29-11-7-27(8-12-29)23-33(24-37(59)30-13-9-28(10-14-30)25-53-44(65)66-45(2,3)4)40(61)54-34-18-15-31(16-19-34)38-56-42(58-57-38)46(48,49)47(50,51)43(63)64/h7-8,11-12,15-20,22,28,30,33,36H,5-6,9-10,13-14,21,23-25H2,1-4H3,(H,52,62)(H,53,65)(H,54,61)(H,55,60)(H,63,64)(H,56,57,58)/t28?,30?,33-,36?/m1/s1. The van der Waals surface area contributed by atoms with E-state index in [4.69, 9.17) is 9.84 Å². The Labute approximate surface area is 378 Å². The maximum Gasteiger partial charge on any atom is 0.411 e. The molecule has 0 spiro atoms. The number of rotatable bonds is 16. The minimum absolute atomic E-state index is 0.0720. The van der Waals surface area contributed by atoms with Crippen LogP contribution in [0.15, 0.2) is 66.7 Å². The second kappa shape index (κ2) is 20.2. The molecule has 0 bridgehead atoms. The van der Waals surface area contributed by atoms with Crippen LogP contribution >= 0.6 is 0 Å². The van der Waals surface area contributed by atoms with Crippen molar-refractivity contribution in [1.29, 1.82) is 0 Å². The minimum atomic E-state index is -5.46. The highest BCUT2D eigenvalue weighted by Gasteiger charge is 2.65. The number of Topliss-reactive ketones (excluding diaryl/α,β-unsaturated/α-hetero) is 1. The van der Waals surface area contributed by atoms with E-state index in [1.165, 1.54) is 24.3 Å². The highest BCUT2D eigenvalue weighted by Crippen LogP contribution is 2.42. The summed E-state index contributed by atoms with van der Waals surface area (Å²) in [4.78, 5) is 79.4. The van der Waals surface area contributed by atoms with E-state index in [0.717, 1.165) is 28.7 Å². The molecule has 2 atom stereocenters. The van der Waals surface area contributed by atoms with Gasteiger partial charge in [0, 0.05) is 48.2 Å². The maximum atomic E-state index is 14.3. The molecule has 3 aromatic carbocycles. The number of halogens is 4. The lowest BCUT2D eigenvalue weighted by molar-refractivity contribution is -0.231. The number of piperidine rings is 1. The van der Waals surface area contributed by atoms with Crippen molar-refractivity contribution >= 4 is 41.3 Å². The fourth-order valence-corrected chi connectivity index (χ4v) is 8.04. The maximum absolute atomic E-state index is 14.3. The Morgan fingerprint density at radius 3 is 2.18 bits per heavy atom. The first-order valence-electron chi connectivity index (χ1n) is 21.7. The summed E-state index contributed by atoms with van der Waals surface area (Å²) < 4.78 is 61.5. The summed E-state index contributed by atoms with van der Waals surface area (Å²) >= 11 is 0. The second-order valence-corrected chi connectivity index (χ2v) is 17.9. The zero-order valence-electron chi connectivity index (χ0n) is 36.9. The number of carbonyl (C=O) groups is 6. The predicted molar refractivity (Wildman–Crippen MR) is 234 cm³/mol. The van der Waals surface area contributed by atoms with Crippen LogP contribution in [0.1, 0.15) is 93.0 Å². The molecule has 1 saturated carbocycles. The molecule has 4 amide bonds. The predicted octanol–water partition coefficient (Wildman–Crippen LogP) is 7.35. The third kappa shape index (κ3) is 12.0. The van der Waals surface area contributed by atoms with E-state index < -0.39 is 59.0 Å². The van der Waals surface area contributed by atoms with Crippen molar-refractivity contribution in [1.82, 2.24) is 31.1 Å². The molecular formula is C47H53F4N7O8. The molecule has 6 rings (SSSR count). The van der Waals surface area contributed by atoms with E-state index in [9.17, 15) is 46.3 Å². The second-order valence-electron chi connectivity index (χ2n) is 17.9. The summed E-state index contributed by atoms with van der Waals surface area (Å²) in [6.07, 6.45) is 3.52. The van der Waals surface area contributed by atoms with E-state index in [-0.39, 0.29) is 53.5 Å². The molecule has 1 saturated heterocycles. The first kappa shape index (κ1) is 48.8. The number of aliphatic carboxylic acids is 1. The van der Waals surface area contributed by atoms with Crippen LogP contribution < -0.4 is 21.3 Å². The molecule has 2 aliphatic rings. The molecule has 15 nitrogen and oxygen atoms in total. The molecule has 19 heteroatoms. The Balaban J connectivity index is 1.14. The van der Waals surface area contributed by atoms with Gasteiger partial charge in [0.1, 0.15) is 17.4 Å². The van der Waals surface area contributed by atoms with Crippen LogP contribution in [0.25, 0.3) is 22.5 Å². The third-order valence-corrected chi connectivity index (χ3v) is 11.7. The number of anilines is 1. The SMILES string of the molecule is Cc1cc(C(=O)NC2CCCNC2=O)ccc1-c1ccc(C[C@H](CC(=O)C2CCC(CNC(=O)OC(C)(C)C)CC2)C(=O)Nc2ccc(-c3n[nH]c(C(F)(F)C(F)(F)C(=O)O)n3)cc2)cc1. The lowest BCUT2D eigenvalue weighted by Gasteiger charge is -2.29. The first-order valence-corrected chi connectivity index (χ1v) is 21.7. The summed E-state index contributed by atoms with van der Waals surface area (Å²) in [6, 6.07) is 17.7. The van der Waals surface area contributed by atoms with Crippen LogP contribution in [-0.4, -0.2) is 86.5 Å². The van der Waals surface area contributed by atoms with Gasteiger partial charge in [-0.15, -0.1) is 0 Å². The van der Waals surface area contributed by atoms with E-state index >= 15 is 0 Å². The zero-order chi connectivity index (χ0) is 48.0. The first-order chi connectivity index (χ1) is 31.1. The lowest BCUT2D eigenvalue weighted by Crippen LogP contribution is -2.50. The summed E-state index contributed by atoms with van der Waals surface area (Å²) in [5, 5.41) is 25.0. The molecule has 6 N–H and O–H groups in total. The Bertz CT molecular complexity index is 2430. The van der Waals surface area contributed by atoms with Gasteiger partial charge in [0.05, 0.1) is 0 Å². The highest BCUT2D eigenvalue weighted by molar-refractivity contribution is 5.98. The number of carboxylic acid groups (broad SMARTS) is 1. The third-order valence-electron chi connectivity index (χ3n) is 11.7. The topological polar surface area (TPSA) is 222 Å². The van der Waals surface area contributed by atoms with Gasteiger partial charge in [-0.3, -0.25) is 24.3 Å². The Hall–Kier alpha value is -6.66. The zero-order valence-corrected chi connectivity index (χ0v) is 36.9. The molecule has 1 aliphatic carbocycles. The molecule has 1 unspecified atom stereocenters. The molecular weight excluding hydrogens is 867 g/mol. The van der Waals surface area contributed by atoms with Crippen LogP contribution in [0.3, 0.4) is 0 Å². The number of aromatic amines is 1. The normalized spacial score (nSPS) is 18.4. The summed E-state index contributed by atoms with van der Waals surface area (Å²) in [7, 11) is 0. The number of nitrogens with one attached hydrogen (secondary N) is 5. The van der Waals surface area contributed by atoms with Crippen molar-refractivity contribution in [3.05, 3.63) is 89.2 Å². The number of aromatic nitrogens is 3. The van der Waals surface area contributed by atoms with Crippen molar-refractivity contribution in [2.45, 2.75) is 103 Å². The Morgan fingerprint density at radius 1 is 0.894 bits per heavy atom. The number of carboxylic acids is 1. The van der Waals surface area contributed by atoms with Crippen LogP contribution in [0.5, 0.6) is 0 Å². The van der Waals surface area contributed by atoms with Crippen molar-refractivity contribution in [3.63, 3.8) is 0 Å². The molecule has 352 valence electrons. The van der Waals surface area contributed by atoms with Gasteiger partial charge in [0.2, 0.25) is 17.6 Å². The summed E-state index contributed by atoms with van der Waals surface area (Å²) in [5.74, 6) is -17.8. The van der Waals surface area contributed by atoms with Crippen molar-refractivity contribution in [3.8, 4) is 22.5 Å². The van der Waals surface area contributed by atoms with Gasteiger partial charge in [0.15, 0.2) is 5.82 Å². The molecule has 66 heavy (non-hydrogen) atoms. The van der Waals surface area contributed by atoms with E-state index in [0.29, 0.717) is 50.8 Å².